The van der Waals surface area contributed by atoms with E-state index in [1.807, 2.05) is 6.08 Å². The van der Waals surface area contributed by atoms with Crippen LogP contribution in [0.4, 0.5) is 0 Å². The fraction of sp³-hybridized carbons (Fsp3) is 0.700. The summed E-state index contributed by atoms with van der Waals surface area (Å²) in [6, 6.07) is 0. The van der Waals surface area contributed by atoms with E-state index in [0.717, 1.165) is 19.3 Å². The largest absolute Gasteiger partial charge is 0.281 e. The van der Waals surface area contributed by atoms with Crippen LogP contribution in [0.5, 0.6) is 0 Å². The lowest BCUT2D eigenvalue weighted by molar-refractivity contribution is -0.111. The van der Waals surface area contributed by atoms with Gasteiger partial charge in [0.1, 0.15) is 0 Å². The monoisotopic (exact) mass is 188 g/mol. The predicted molar refractivity (Wildman–Crippen MR) is 53.4 cm³/mol. The van der Waals surface area contributed by atoms with Crippen LogP contribution < -0.4 is 0 Å². The normalized spacial score (nSPS) is 9.75. The second kappa shape index (κ2) is 8.79. The molecule has 0 saturated heterocycles. The molecule has 0 heterocycles. The zero-order valence-electron chi connectivity index (χ0n) is 7.52. The van der Waals surface area contributed by atoms with E-state index in [9.17, 15) is 4.79 Å². The highest BCUT2D eigenvalue weighted by Gasteiger charge is 1.95. The van der Waals surface area contributed by atoms with E-state index in [1.165, 1.54) is 19.3 Å². The van der Waals surface area contributed by atoms with Crippen LogP contribution >= 0.6 is 11.6 Å². The van der Waals surface area contributed by atoms with E-state index in [0.29, 0.717) is 6.42 Å². The molecule has 0 atom stereocenters. The van der Waals surface area contributed by atoms with Crippen LogP contribution in [0.15, 0.2) is 12.7 Å². The molecule has 0 aliphatic carbocycles. The summed E-state index contributed by atoms with van der Waals surface area (Å²) in [6.45, 7) is 3.66. The average Bonchev–Trinajstić information content (AvgIpc) is 2.02. The third-order valence-electron chi connectivity index (χ3n) is 1.78. The molecule has 0 radical (unpaired) electrons. The minimum atomic E-state index is -0.207. The lowest BCUT2D eigenvalue weighted by Gasteiger charge is -1.97. The first kappa shape index (κ1) is 11.7. The summed E-state index contributed by atoms with van der Waals surface area (Å²) in [7, 11) is 0. The Balaban J connectivity index is 2.90. The van der Waals surface area contributed by atoms with Crippen LogP contribution in [0.3, 0.4) is 0 Å². The average molecular weight is 189 g/mol. The van der Waals surface area contributed by atoms with Crippen LogP contribution in [0, 0.1) is 0 Å². The molecule has 70 valence electrons. The quantitative estimate of drug-likeness (QED) is 0.323. The van der Waals surface area contributed by atoms with Crippen molar-refractivity contribution in [2.24, 2.45) is 0 Å². The lowest BCUT2D eigenvalue weighted by atomic mass is 10.1. The molecular formula is C10H17ClO. The maximum atomic E-state index is 10.3. The van der Waals surface area contributed by atoms with Gasteiger partial charge < -0.3 is 0 Å². The number of carbonyl (C=O) groups is 1. The molecule has 0 unspecified atom stereocenters. The van der Waals surface area contributed by atoms with Crippen LogP contribution in [-0.4, -0.2) is 5.24 Å². The molecule has 12 heavy (non-hydrogen) atoms. The first-order chi connectivity index (χ1) is 5.77. The molecule has 0 N–H and O–H groups in total. The van der Waals surface area contributed by atoms with E-state index >= 15 is 0 Å². The highest BCUT2D eigenvalue weighted by Crippen LogP contribution is 2.08. The van der Waals surface area contributed by atoms with Crippen molar-refractivity contribution in [2.45, 2.75) is 44.9 Å². The maximum absolute atomic E-state index is 10.3. The van der Waals surface area contributed by atoms with Crippen LogP contribution in [0.1, 0.15) is 44.9 Å². The van der Waals surface area contributed by atoms with Crippen molar-refractivity contribution in [1.29, 1.82) is 0 Å². The van der Waals surface area contributed by atoms with Gasteiger partial charge in [-0.3, -0.25) is 4.79 Å². The lowest BCUT2D eigenvalue weighted by Crippen LogP contribution is -1.86. The van der Waals surface area contributed by atoms with Crippen molar-refractivity contribution in [1.82, 2.24) is 0 Å². The molecular weight excluding hydrogens is 172 g/mol. The summed E-state index contributed by atoms with van der Waals surface area (Å²) in [6.07, 6.45) is 9.31. The van der Waals surface area contributed by atoms with Gasteiger partial charge >= 0.3 is 0 Å². The highest BCUT2D eigenvalue weighted by molar-refractivity contribution is 6.63. The molecule has 0 aromatic carbocycles. The van der Waals surface area contributed by atoms with Crippen molar-refractivity contribution >= 4 is 16.8 Å². The number of halogens is 1. The summed E-state index contributed by atoms with van der Waals surface area (Å²) in [5, 5.41) is -0.207. The van der Waals surface area contributed by atoms with Gasteiger partial charge in [-0.2, -0.15) is 0 Å². The minimum Gasteiger partial charge on any atom is -0.281 e. The minimum absolute atomic E-state index is 0.207. The third kappa shape index (κ3) is 9.70. The first-order valence-corrected chi connectivity index (χ1v) is 4.94. The second-order valence-electron chi connectivity index (χ2n) is 2.95. The smallest absolute Gasteiger partial charge is 0.221 e. The summed E-state index contributed by atoms with van der Waals surface area (Å²) in [4.78, 5) is 10.3. The Morgan fingerprint density at radius 2 is 1.75 bits per heavy atom. The van der Waals surface area contributed by atoms with Crippen molar-refractivity contribution in [2.75, 3.05) is 0 Å². The second-order valence-corrected chi connectivity index (χ2v) is 3.37. The molecule has 0 amide bonds. The molecule has 0 saturated carbocycles. The maximum Gasteiger partial charge on any atom is 0.221 e. The van der Waals surface area contributed by atoms with Gasteiger partial charge in [0.05, 0.1) is 0 Å². The van der Waals surface area contributed by atoms with E-state index in [2.05, 4.69) is 6.58 Å². The fourth-order valence-corrected chi connectivity index (χ4v) is 1.22. The molecule has 1 nitrogen and oxygen atoms in total. The van der Waals surface area contributed by atoms with Crippen LogP contribution in [-0.2, 0) is 4.79 Å². The van der Waals surface area contributed by atoms with Gasteiger partial charge in [0.2, 0.25) is 5.24 Å². The molecule has 0 fully saturated rings. The zero-order chi connectivity index (χ0) is 9.23. The SMILES string of the molecule is C=CCCCCCCCC(=O)Cl. The number of carbonyl (C=O) groups excluding carboxylic acids is 1. The molecule has 0 aromatic rings. The van der Waals surface area contributed by atoms with Crippen molar-refractivity contribution in [3.05, 3.63) is 12.7 Å². The van der Waals surface area contributed by atoms with E-state index < -0.39 is 0 Å². The molecule has 0 aliphatic rings. The summed E-state index contributed by atoms with van der Waals surface area (Å²) >= 11 is 5.19. The Labute approximate surface area is 79.8 Å². The Bertz CT molecular complexity index is 132. The van der Waals surface area contributed by atoms with Gasteiger partial charge in [0.15, 0.2) is 0 Å². The number of allylic oxidation sites excluding steroid dienone is 1. The highest BCUT2D eigenvalue weighted by atomic mass is 35.5. The zero-order valence-corrected chi connectivity index (χ0v) is 8.28. The fourth-order valence-electron chi connectivity index (χ4n) is 1.08. The first-order valence-electron chi connectivity index (χ1n) is 4.56. The molecule has 0 aliphatic heterocycles. The van der Waals surface area contributed by atoms with E-state index in [-0.39, 0.29) is 5.24 Å². The summed E-state index contributed by atoms with van der Waals surface area (Å²) in [5.41, 5.74) is 0. The number of hydrogen-bond donors (Lipinski definition) is 0. The third-order valence-corrected chi connectivity index (χ3v) is 1.97. The Morgan fingerprint density at radius 3 is 2.33 bits per heavy atom. The van der Waals surface area contributed by atoms with Gasteiger partial charge in [0, 0.05) is 6.42 Å². The van der Waals surface area contributed by atoms with Gasteiger partial charge in [-0.15, -0.1) is 6.58 Å². The van der Waals surface area contributed by atoms with Gasteiger partial charge in [-0.05, 0) is 30.9 Å². The molecule has 2 heteroatoms. The van der Waals surface area contributed by atoms with Gasteiger partial charge in [-0.25, -0.2) is 0 Å². The van der Waals surface area contributed by atoms with E-state index in [1.54, 1.807) is 0 Å². The standard InChI is InChI=1S/C10H17ClO/c1-2-3-4-5-6-7-8-9-10(11)12/h2H,1,3-9H2. The van der Waals surface area contributed by atoms with Crippen molar-refractivity contribution < 1.29 is 4.79 Å². The topological polar surface area (TPSA) is 17.1 Å². The van der Waals surface area contributed by atoms with Crippen molar-refractivity contribution in [3.63, 3.8) is 0 Å². The van der Waals surface area contributed by atoms with Gasteiger partial charge in [0.25, 0.3) is 0 Å². The van der Waals surface area contributed by atoms with E-state index in [4.69, 9.17) is 11.6 Å². The number of rotatable bonds is 8. The molecule has 0 bridgehead atoms. The molecule has 0 aromatic heterocycles. The summed E-state index contributed by atoms with van der Waals surface area (Å²) in [5.74, 6) is 0. The molecule has 0 spiro atoms. The number of unbranched alkanes of at least 4 members (excludes halogenated alkanes) is 5. The Kier molecular flexibility index (Phi) is 8.57. The number of hydrogen-bond acceptors (Lipinski definition) is 1. The van der Waals surface area contributed by atoms with Gasteiger partial charge in [-0.1, -0.05) is 25.3 Å². The van der Waals surface area contributed by atoms with Crippen LogP contribution in [0.25, 0.3) is 0 Å². The van der Waals surface area contributed by atoms with Crippen LogP contribution in [0.2, 0.25) is 0 Å². The Hall–Kier alpha value is -0.300. The Morgan fingerprint density at radius 1 is 1.17 bits per heavy atom. The molecule has 0 rings (SSSR count). The van der Waals surface area contributed by atoms with Crippen molar-refractivity contribution in [3.8, 4) is 0 Å². The predicted octanol–water partition coefficient (Wildman–Crippen LogP) is 3.67. The summed E-state index contributed by atoms with van der Waals surface area (Å²) < 4.78 is 0.